The Kier molecular flexibility index (Phi) is 5.33. The quantitative estimate of drug-likeness (QED) is 0.806. The molecule has 2 amide bonds. The van der Waals surface area contributed by atoms with E-state index in [1.807, 2.05) is 0 Å². The molecule has 0 aliphatic carbocycles. The number of hydrogen-bond donors (Lipinski definition) is 2. The van der Waals surface area contributed by atoms with Crippen LogP contribution in [0.15, 0.2) is 41.4 Å². The van der Waals surface area contributed by atoms with E-state index in [4.69, 9.17) is 0 Å². The molecule has 1 aromatic carbocycles. The van der Waals surface area contributed by atoms with E-state index in [-0.39, 0.29) is 16.5 Å². The summed E-state index contributed by atoms with van der Waals surface area (Å²) in [5.41, 5.74) is 1.23. The van der Waals surface area contributed by atoms with Gasteiger partial charge in [-0.25, -0.2) is 8.42 Å². The summed E-state index contributed by atoms with van der Waals surface area (Å²) in [7, 11) is -0.402. The fourth-order valence-electron chi connectivity index (χ4n) is 3.02. The Hall–Kier alpha value is -2.65. The maximum Gasteiger partial charge on any atom is 0.272 e. The molecular formula is C18H22N4O4S. The lowest BCUT2D eigenvalue weighted by atomic mass is 10.2. The van der Waals surface area contributed by atoms with Crippen molar-refractivity contribution in [1.29, 1.82) is 0 Å². The highest BCUT2D eigenvalue weighted by molar-refractivity contribution is 7.89. The molecule has 27 heavy (non-hydrogen) atoms. The lowest BCUT2D eigenvalue weighted by molar-refractivity contribution is 0.0962. The molecule has 2 heterocycles. The highest BCUT2D eigenvalue weighted by Crippen LogP contribution is 2.23. The molecule has 1 saturated heterocycles. The number of amides is 2. The van der Waals surface area contributed by atoms with E-state index >= 15 is 0 Å². The molecule has 2 aromatic rings. The third kappa shape index (κ3) is 3.88. The van der Waals surface area contributed by atoms with Crippen LogP contribution in [0.25, 0.3) is 0 Å². The zero-order chi connectivity index (χ0) is 19.6. The van der Waals surface area contributed by atoms with Crippen LogP contribution in [0, 0.1) is 0 Å². The molecule has 1 aliphatic rings. The number of rotatable bonds is 5. The first-order chi connectivity index (χ1) is 12.8. The van der Waals surface area contributed by atoms with Crippen molar-refractivity contribution in [2.75, 3.05) is 25.5 Å². The summed E-state index contributed by atoms with van der Waals surface area (Å²) in [6.07, 6.45) is 3.16. The normalized spacial score (nSPS) is 14.9. The van der Waals surface area contributed by atoms with Crippen molar-refractivity contribution < 1.29 is 18.0 Å². The van der Waals surface area contributed by atoms with Crippen LogP contribution >= 0.6 is 0 Å². The molecule has 144 valence electrons. The number of sulfonamides is 1. The molecule has 1 aliphatic heterocycles. The van der Waals surface area contributed by atoms with Crippen molar-refractivity contribution in [3.63, 3.8) is 0 Å². The van der Waals surface area contributed by atoms with Gasteiger partial charge in [-0.15, -0.1) is 0 Å². The minimum atomic E-state index is -3.58. The number of hydrogen-bond acceptors (Lipinski definition) is 4. The number of nitrogens with one attached hydrogen (secondary N) is 2. The molecule has 1 aromatic heterocycles. The summed E-state index contributed by atoms with van der Waals surface area (Å²) in [4.78, 5) is 24.2. The molecule has 9 heteroatoms. The van der Waals surface area contributed by atoms with Gasteiger partial charge in [-0.05, 0) is 43.2 Å². The van der Waals surface area contributed by atoms with Crippen LogP contribution in [0.3, 0.4) is 0 Å². The van der Waals surface area contributed by atoms with Gasteiger partial charge >= 0.3 is 0 Å². The molecule has 3 rings (SSSR count). The van der Waals surface area contributed by atoms with Gasteiger partial charge in [0.2, 0.25) is 10.0 Å². The van der Waals surface area contributed by atoms with Crippen LogP contribution in [0.2, 0.25) is 0 Å². The molecule has 2 N–H and O–H groups in total. The third-order valence-corrected chi connectivity index (χ3v) is 6.41. The molecule has 1 fully saturated rings. The van der Waals surface area contributed by atoms with E-state index in [2.05, 4.69) is 10.6 Å². The van der Waals surface area contributed by atoms with Gasteiger partial charge in [0.1, 0.15) is 10.6 Å². The maximum absolute atomic E-state index is 12.7. The third-order valence-electron chi connectivity index (χ3n) is 4.55. The molecule has 0 bridgehead atoms. The van der Waals surface area contributed by atoms with Crippen LogP contribution in [0.1, 0.15) is 33.7 Å². The smallest absolute Gasteiger partial charge is 0.272 e. The highest BCUT2D eigenvalue weighted by Gasteiger charge is 2.29. The molecule has 0 unspecified atom stereocenters. The molecule has 8 nitrogen and oxygen atoms in total. The Labute approximate surface area is 158 Å². The second kappa shape index (κ2) is 7.53. The lowest BCUT2D eigenvalue weighted by Gasteiger charge is -2.13. The predicted octanol–water partition coefficient (Wildman–Crippen LogP) is 1.42. The van der Waals surface area contributed by atoms with Gasteiger partial charge in [0, 0.05) is 44.6 Å². The van der Waals surface area contributed by atoms with Gasteiger partial charge < -0.3 is 15.2 Å². The Balaban J connectivity index is 1.77. The van der Waals surface area contributed by atoms with Crippen LogP contribution < -0.4 is 10.6 Å². The summed E-state index contributed by atoms with van der Waals surface area (Å²) in [5, 5.41) is 5.24. The molecule has 0 saturated carbocycles. The summed E-state index contributed by atoms with van der Waals surface area (Å²) >= 11 is 0. The minimum Gasteiger partial charge on any atom is -0.355 e. The predicted molar refractivity (Wildman–Crippen MR) is 101 cm³/mol. The van der Waals surface area contributed by atoms with E-state index in [0.29, 0.717) is 24.3 Å². The summed E-state index contributed by atoms with van der Waals surface area (Å²) in [5.74, 6) is -0.639. The number of benzene rings is 1. The number of carbonyl (C=O) groups excluding carboxylic acids is 2. The number of anilines is 1. The zero-order valence-electron chi connectivity index (χ0n) is 15.2. The number of aryl methyl sites for hydroxylation is 1. The number of aromatic nitrogens is 1. The SMILES string of the molecule is CNC(=O)c1ccc(NC(=O)c2cc(S(=O)(=O)N3CCCC3)cn2C)cc1. The fourth-order valence-corrected chi connectivity index (χ4v) is 4.61. The van der Waals surface area contributed by atoms with Crippen LogP contribution in [0.5, 0.6) is 0 Å². The van der Waals surface area contributed by atoms with Crippen molar-refractivity contribution in [2.45, 2.75) is 17.7 Å². The second-order valence-corrected chi connectivity index (χ2v) is 8.33. The van der Waals surface area contributed by atoms with Crippen LogP contribution in [0.4, 0.5) is 5.69 Å². The average molecular weight is 390 g/mol. The standard InChI is InChI=1S/C18H22N4O4S/c1-19-17(23)13-5-7-14(8-6-13)20-18(24)16-11-15(12-21(16)2)27(25,26)22-9-3-4-10-22/h5-8,11-12H,3-4,9-10H2,1-2H3,(H,19,23)(H,20,24). The molecule has 0 spiro atoms. The number of carbonyl (C=O) groups is 2. The molecule has 0 radical (unpaired) electrons. The maximum atomic E-state index is 12.7. The Morgan fingerprint density at radius 1 is 1.04 bits per heavy atom. The van der Waals surface area contributed by atoms with Crippen molar-refractivity contribution >= 4 is 27.5 Å². The van der Waals surface area contributed by atoms with Gasteiger partial charge in [-0.2, -0.15) is 4.31 Å². The van der Waals surface area contributed by atoms with E-state index < -0.39 is 15.9 Å². The molecule has 0 atom stereocenters. The first kappa shape index (κ1) is 19.1. The van der Waals surface area contributed by atoms with E-state index in [1.165, 1.54) is 21.1 Å². The summed E-state index contributed by atoms with van der Waals surface area (Å²) < 4.78 is 28.3. The van der Waals surface area contributed by atoms with Gasteiger partial charge in [-0.3, -0.25) is 9.59 Å². The average Bonchev–Trinajstić information content (AvgIpc) is 3.32. The fraction of sp³-hybridized carbons (Fsp3) is 0.333. The van der Waals surface area contributed by atoms with Gasteiger partial charge in [0.15, 0.2) is 0 Å². The van der Waals surface area contributed by atoms with Gasteiger partial charge in [0.05, 0.1) is 0 Å². The van der Waals surface area contributed by atoms with Crippen molar-refractivity contribution in [2.24, 2.45) is 7.05 Å². The monoisotopic (exact) mass is 390 g/mol. The first-order valence-corrected chi connectivity index (χ1v) is 10.1. The van der Waals surface area contributed by atoms with E-state index in [0.717, 1.165) is 12.8 Å². The summed E-state index contributed by atoms with van der Waals surface area (Å²) in [6, 6.07) is 7.83. The Morgan fingerprint density at radius 3 is 2.26 bits per heavy atom. The van der Waals surface area contributed by atoms with Gasteiger partial charge in [-0.1, -0.05) is 0 Å². The van der Waals surface area contributed by atoms with Crippen molar-refractivity contribution in [1.82, 2.24) is 14.2 Å². The van der Waals surface area contributed by atoms with E-state index in [1.54, 1.807) is 38.4 Å². The lowest BCUT2D eigenvalue weighted by Crippen LogP contribution is -2.27. The Bertz CT molecular complexity index is 958. The topological polar surface area (TPSA) is 101 Å². The zero-order valence-corrected chi connectivity index (χ0v) is 16.0. The largest absolute Gasteiger partial charge is 0.355 e. The van der Waals surface area contributed by atoms with E-state index in [9.17, 15) is 18.0 Å². The second-order valence-electron chi connectivity index (χ2n) is 6.39. The summed E-state index contributed by atoms with van der Waals surface area (Å²) in [6.45, 7) is 1.02. The highest BCUT2D eigenvalue weighted by atomic mass is 32.2. The van der Waals surface area contributed by atoms with Crippen LogP contribution in [-0.2, 0) is 17.1 Å². The molecular weight excluding hydrogens is 368 g/mol. The van der Waals surface area contributed by atoms with Crippen molar-refractivity contribution in [3.8, 4) is 0 Å². The number of nitrogens with zero attached hydrogens (tertiary/aromatic N) is 2. The first-order valence-electron chi connectivity index (χ1n) is 8.63. The minimum absolute atomic E-state index is 0.118. The van der Waals surface area contributed by atoms with Crippen molar-refractivity contribution in [3.05, 3.63) is 47.8 Å². The Morgan fingerprint density at radius 2 is 1.67 bits per heavy atom. The van der Waals surface area contributed by atoms with Gasteiger partial charge in [0.25, 0.3) is 11.8 Å². The van der Waals surface area contributed by atoms with Crippen LogP contribution in [-0.4, -0.2) is 49.2 Å².